The van der Waals surface area contributed by atoms with Crippen LogP contribution in [-0.4, -0.2) is 19.2 Å². The molecule has 152 valence electrons. The van der Waals surface area contributed by atoms with Crippen LogP contribution >= 0.6 is 0 Å². The Morgan fingerprint density at radius 3 is 2.07 bits per heavy atom. The Balaban J connectivity index is 1.83. The van der Waals surface area contributed by atoms with Crippen LogP contribution in [0.4, 0.5) is 0 Å². The van der Waals surface area contributed by atoms with Gasteiger partial charge < -0.3 is 9.47 Å². The number of carbonyl (C=O) groups excluding carboxylic acids is 1. The highest BCUT2D eigenvalue weighted by Crippen LogP contribution is 2.23. The first kappa shape index (κ1) is 22.0. The molecule has 0 spiro atoms. The van der Waals surface area contributed by atoms with Crippen molar-refractivity contribution in [3.8, 4) is 16.9 Å². The third kappa shape index (κ3) is 7.38. The van der Waals surface area contributed by atoms with Crippen molar-refractivity contribution >= 4 is 5.97 Å². The number of rotatable bonds is 12. The Labute approximate surface area is 170 Å². The monoisotopic (exact) mass is 382 g/mol. The lowest BCUT2D eigenvalue weighted by Crippen LogP contribution is -2.11. The minimum Gasteiger partial charge on any atom is -0.494 e. The first-order valence-corrected chi connectivity index (χ1v) is 10.6. The van der Waals surface area contributed by atoms with E-state index < -0.39 is 0 Å². The minimum atomic E-state index is -0.255. The maximum atomic E-state index is 12.1. The van der Waals surface area contributed by atoms with Gasteiger partial charge in [-0.1, -0.05) is 77.1 Å². The van der Waals surface area contributed by atoms with E-state index in [1.54, 1.807) is 0 Å². The van der Waals surface area contributed by atoms with Gasteiger partial charge in [0.1, 0.15) is 5.75 Å². The zero-order chi connectivity index (χ0) is 20.2. The molecule has 0 aliphatic carbocycles. The summed E-state index contributed by atoms with van der Waals surface area (Å²) in [4.78, 5) is 12.1. The molecule has 0 saturated carbocycles. The standard InChI is InChI=1S/C25H34O3/c1-4-6-7-8-9-18-27-24-16-14-22(15-17-24)21-10-12-23(13-11-21)25(26)28-19-20(3)5-2/h10-17,20H,4-9,18-19H2,1-3H3. The smallest absolute Gasteiger partial charge is 0.338 e. The molecule has 0 aliphatic rings. The number of benzene rings is 2. The Morgan fingerprint density at radius 2 is 1.46 bits per heavy atom. The highest BCUT2D eigenvalue weighted by Gasteiger charge is 2.09. The van der Waals surface area contributed by atoms with Crippen molar-refractivity contribution in [2.24, 2.45) is 5.92 Å². The fourth-order valence-electron chi connectivity index (χ4n) is 2.86. The molecule has 0 radical (unpaired) electrons. The van der Waals surface area contributed by atoms with Crippen molar-refractivity contribution in [3.63, 3.8) is 0 Å². The molecule has 2 aromatic rings. The van der Waals surface area contributed by atoms with E-state index in [1.807, 2.05) is 36.4 Å². The summed E-state index contributed by atoms with van der Waals surface area (Å²) in [5.74, 6) is 1.04. The summed E-state index contributed by atoms with van der Waals surface area (Å²) in [6.45, 7) is 7.65. The third-order valence-corrected chi connectivity index (χ3v) is 5.02. The van der Waals surface area contributed by atoms with Crippen molar-refractivity contribution in [2.45, 2.75) is 59.3 Å². The van der Waals surface area contributed by atoms with Gasteiger partial charge in [-0.3, -0.25) is 0 Å². The number of hydrogen-bond acceptors (Lipinski definition) is 3. The molecule has 28 heavy (non-hydrogen) atoms. The molecular weight excluding hydrogens is 348 g/mol. The van der Waals surface area contributed by atoms with Crippen molar-refractivity contribution in [3.05, 3.63) is 54.1 Å². The van der Waals surface area contributed by atoms with Gasteiger partial charge in [-0.2, -0.15) is 0 Å². The second-order valence-corrected chi connectivity index (χ2v) is 7.48. The summed E-state index contributed by atoms with van der Waals surface area (Å²) < 4.78 is 11.2. The van der Waals surface area contributed by atoms with Gasteiger partial charge in [-0.25, -0.2) is 4.79 Å². The van der Waals surface area contributed by atoms with Gasteiger partial charge in [-0.05, 0) is 47.7 Å². The quantitative estimate of drug-likeness (QED) is 0.296. The fraction of sp³-hybridized carbons (Fsp3) is 0.480. The van der Waals surface area contributed by atoms with Crippen LogP contribution in [-0.2, 0) is 4.74 Å². The SMILES string of the molecule is CCCCCCCOc1ccc(-c2ccc(C(=O)OCC(C)CC)cc2)cc1. The van der Waals surface area contributed by atoms with E-state index in [0.29, 0.717) is 18.1 Å². The molecule has 0 bridgehead atoms. The Bertz CT molecular complexity index is 689. The van der Waals surface area contributed by atoms with E-state index >= 15 is 0 Å². The molecule has 0 N–H and O–H groups in total. The van der Waals surface area contributed by atoms with Gasteiger partial charge in [0, 0.05) is 0 Å². The van der Waals surface area contributed by atoms with Crippen LogP contribution in [0.1, 0.15) is 69.7 Å². The summed E-state index contributed by atoms with van der Waals surface area (Å²) in [5, 5.41) is 0. The number of ether oxygens (including phenoxy) is 2. The van der Waals surface area contributed by atoms with Gasteiger partial charge in [0.25, 0.3) is 0 Å². The first-order valence-electron chi connectivity index (χ1n) is 10.6. The summed E-state index contributed by atoms with van der Waals surface area (Å²) in [7, 11) is 0. The molecule has 0 aromatic heterocycles. The second-order valence-electron chi connectivity index (χ2n) is 7.48. The van der Waals surface area contributed by atoms with E-state index in [9.17, 15) is 4.79 Å². The molecule has 0 aliphatic heterocycles. The van der Waals surface area contributed by atoms with Gasteiger partial charge in [0.2, 0.25) is 0 Å². The van der Waals surface area contributed by atoms with Gasteiger partial charge >= 0.3 is 5.97 Å². The largest absolute Gasteiger partial charge is 0.494 e. The van der Waals surface area contributed by atoms with Crippen molar-refractivity contribution in [1.29, 1.82) is 0 Å². The minimum absolute atomic E-state index is 0.255. The molecule has 2 aromatic carbocycles. The maximum absolute atomic E-state index is 12.1. The van der Waals surface area contributed by atoms with Crippen molar-refractivity contribution in [2.75, 3.05) is 13.2 Å². The average Bonchev–Trinajstić information content (AvgIpc) is 2.74. The average molecular weight is 383 g/mol. The predicted octanol–water partition coefficient (Wildman–Crippen LogP) is 6.91. The van der Waals surface area contributed by atoms with Crippen molar-refractivity contribution < 1.29 is 14.3 Å². The molecule has 0 saturated heterocycles. The van der Waals surface area contributed by atoms with Crippen LogP contribution in [0.3, 0.4) is 0 Å². The van der Waals surface area contributed by atoms with E-state index in [4.69, 9.17) is 9.47 Å². The lowest BCUT2D eigenvalue weighted by atomic mass is 10.0. The summed E-state index contributed by atoms with van der Waals surface area (Å²) >= 11 is 0. The van der Waals surface area contributed by atoms with Gasteiger partial charge in [0.05, 0.1) is 18.8 Å². The number of hydrogen-bond donors (Lipinski definition) is 0. The molecule has 1 atom stereocenters. The molecule has 0 fully saturated rings. The maximum Gasteiger partial charge on any atom is 0.338 e. The summed E-state index contributed by atoms with van der Waals surface area (Å²) in [6.07, 6.45) is 7.21. The molecule has 3 heteroatoms. The highest BCUT2D eigenvalue weighted by atomic mass is 16.5. The topological polar surface area (TPSA) is 35.5 Å². The van der Waals surface area contributed by atoms with E-state index in [0.717, 1.165) is 36.3 Å². The number of esters is 1. The lowest BCUT2D eigenvalue weighted by molar-refractivity contribution is 0.0447. The molecular formula is C25H34O3. The molecule has 2 rings (SSSR count). The van der Waals surface area contributed by atoms with Crippen LogP contribution in [0.2, 0.25) is 0 Å². The van der Waals surface area contributed by atoms with Gasteiger partial charge in [0.15, 0.2) is 0 Å². The second kappa shape index (κ2) is 12.2. The molecule has 1 unspecified atom stereocenters. The zero-order valence-electron chi connectivity index (χ0n) is 17.6. The third-order valence-electron chi connectivity index (χ3n) is 5.02. The van der Waals surface area contributed by atoms with E-state index in [2.05, 4.69) is 32.9 Å². The number of unbranched alkanes of at least 4 members (excludes halogenated alkanes) is 4. The van der Waals surface area contributed by atoms with Gasteiger partial charge in [-0.15, -0.1) is 0 Å². The Kier molecular flexibility index (Phi) is 9.61. The summed E-state index contributed by atoms with van der Waals surface area (Å²) in [6, 6.07) is 15.7. The van der Waals surface area contributed by atoms with Crippen LogP contribution in [0.5, 0.6) is 5.75 Å². The fourth-order valence-corrected chi connectivity index (χ4v) is 2.86. The van der Waals surface area contributed by atoms with E-state index in [-0.39, 0.29) is 5.97 Å². The highest BCUT2D eigenvalue weighted by molar-refractivity contribution is 5.90. The van der Waals surface area contributed by atoms with Crippen LogP contribution in [0.15, 0.2) is 48.5 Å². The zero-order valence-corrected chi connectivity index (χ0v) is 17.6. The van der Waals surface area contributed by atoms with Crippen LogP contribution in [0.25, 0.3) is 11.1 Å². The predicted molar refractivity (Wildman–Crippen MR) is 116 cm³/mol. The first-order chi connectivity index (χ1) is 13.6. The summed E-state index contributed by atoms with van der Waals surface area (Å²) in [5.41, 5.74) is 2.77. The lowest BCUT2D eigenvalue weighted by Gasteiger charge is -2.10. The Hall–Kier alpha value is -2.29. The van der Waals surface area contributed by atoms with Crippen LogP contribution < -0.4 is 4.74 Å². The molecule has 3 nitrogen and oxygen atoms in total. The Morgan fingerprint density at radius 1 is 0.857 bits per heavy atom. The normalized spacial score (nSPS) is 11.8. The van der Waals surface area contributed by atoms with E-state index in [1.165, 1.54) is 25.7 Å². The molecule has 0 heterocycles. The number of carbonyl (C=O) groups is 1. The molecule has 0 amide bonds. The van der Waals surface area contributed by atoms with Crippen molar-refractivity contribution in [1.82, 2.24) is 0 Å². The van der Waals surface area contributed by atoms with Crippen LogP contribution in [0, 0.1) is 5.92 Å².